The van der Waals surface area contributed by atoms with Crippen LogP contribution in [0.25, 0.3) is 16.8 Å². The molecule has 3 aromatic heterocycles. The average Bonchev–Trinajstić information content (AvgIpc) is 2.90. The smallest absolute Gasteiger partial charge is 0.275 e. The third kappa shape index (κ3) is 1.27. The van der Waals surface area contributed by atoms with Crippen molar-refractivity contribution >= 4 is 29.0 Å². The second kappa shape index (κ2) is 3.52. The molecule has 17 heavy (non-hydrogen) atoms. The molecule has 3 aromatic rings. The Morgan fingerprint density at radius 3 is 3.06 bits per heavy atom. The number of aryl methyl sites for hydroxylation is 1. The van der Waals surface area contributed by atoms with E-state index >= 15 is 0 Å². The van der Waals surface area contributed by atoms with Crippen LogP contribution in [0.3, 0.4) is 0 Å². The van der Waals surface area contributed by atoms with Crippen LogP contribution in [-0.4, -0.2) is 29.4 Å². The van der Waals surface area contributed by atoms with E-state index in [-0.39, 0.29) is 5.56 Å². The molecule has 0 saturated carbocycles. The van der Waals surface area contributed by atoms with Gasteiger partial charge in [0.1, 0.15) is 11.0 Å². The molecule has 0 aliphatic carbocycles. The first kappa shape index (κ1) is 10.2. The second-order valence-corrected chi connectivity index (χ2v) is 4.14. The predicted octanol–water partition coefficient (Wildman–Crippen LogP) is 0.840. The van der Waals surface area contributed by atoms with Crippen molar-refractivity contribution in [3.05, 3.63) is 21.3 Å². The lowest BCUT2D eigenvalue weighted by Gasteiger charge is -2.05. The Balaban J connectivity index is 2.63. The van der Waals surface area contributed by atoms with E-state index in [2.05, 4.69) is 20.4 Å². The molecule has 0 aliphatic rings. The van der Waals surface area contributed by atoms with Gasteiger partial charge < -0.3 is 0 Å². The largest absolute Gasteiger partial charge is 0.280 e. The van der Waals surface area contributed by atoms with Crippen molar-refractivity contribution in [2.24, 2.45) is 0 Å². The number of nitrogens with zero attached hydrogens (tertiary/aromatic N) is 4. The van der Waals surface area contributed by atoms with Crippen LogP contribution >= 0.6 is 12.2 Å². The molecule has 2 N–H and O–H groups in total. The highest BCUT2D eigenvalue weighted by molar-refractivity contribution is 7.71. The maximum absolute atomic E-state index is 12.2. The van der Waals surface area contributed by atoms with Gasteiger partial charge in [-0.1, -0.05) is 6.92 Å². The molecule has 0 saturated heterocycles. The van der Waals surface area contributed by atoms with Gasteiger partial charge in [0, 0.05) is 6.54 Å². The first-order chi connectivity index (χ1) is 8.24. The molecule has 8 heteroatoms. The Morgan fingerprint density at radius 1 is 1.47 bits per heavy atom. The third-order valence-corrected chi connectivity index (χ3v) is 2.94. The van der Waals surface area contributed by atoms with Crippen molar-refractivity contribution in [2.45, 2.75) is 19.9 Å². The minimum Gasteiger partial charge on any atom is -0.275 e. The Labute approximate surface area is 100 Å². The summed E-state index contributed by atoms with van der Waals surface area (Å²) in [5.41, 5.74) is 0.973. The Morgan fingerprint density at radius 2 is 2.29 bits per heavy atom. The lowest BCUT2D eigenvalue weighted by atomic mass is 10.4. The van der Waals surface area contributed by atoms with Crippen molar-refractivity contribution in [3.63, 3.8) is 0 Å². The van der Waals surface area contributed by atoms with Crippen LogP contribution in [0, 0.1) is 4.77 Å². The summed E-state index contributed by atoms with van der Waals surface area (Å²) in [5, 5.41) is 13.4. The van der Waals surface area contributed by atoms with E-state index in [1.54, 1.807) is 15.2 Å². The van der Waals surface area contributed by atoms with Crippen LogP contribution in [0.2, 0.25) is 0 Å². The molecule has 3 rings (SSSR count). The van der Waals surface area contributed by atoms with Crippen LogP contribution in [0.1, 0.15) is 13.3 Å². The van der Waals surface area contributed by atoms with E-state index in [4.69, 9.17) is 12.2 Å². The van der Waals surface area contributed by atoms with Gasteiger partial charge in [-0.05, 0) is 18.6 Å². The number of nitrogens with one attached hydrogen (secondary N) is 2. The highest BCUT2D eigenvalue weighted by atomic mass is 32.1. The number of aromatic nitrogens is 6. The van der Waals surface area contributed by atoms with E-state index in [0.717, 1.165) is 6.42 Å². The van der Waals surface area contributed by atoms with Crippen molar-refractivity contribution in [3.8, 4) is 0 Å². The van der Waals surface area contributed by atoms with Crippen molar-refractivity contribution < 1.29 is 0 Å². The zero-order valence-corrected chi connectivity index (χ0v) is 9.91. The fourth-order valence-electron chi connectivity index (χ4n) is 1.94. The molecular formula is C9H10N6OS. The van der Waals surface area contributed by atoms with Gasteiger partial charge in [0.05, 0.1) is 6.20 Å². The van der Waals surface area contributed by atoms with Gasteiger partial charge in [-0.15, -0.1) is 5.10 Å². The SMILES string of the molecule is CCCn1c(=O)c2[nH]ncc2n2c(=S)[nH]nc12. The van der Waals surface area contributed by atoms with Crippen LogP contribution in [-0.2, 0) is 6.54 Å². The zero-order valence-electron chi connectivity index (χ0n) is 9.10. The Kier molecular flexibility index (Phi) is 2.11. The van der Waals surface area contributed by atoms with E-state index in [1.807, 2.05) is 6.92 Å². The van der Waals surface area contributed by atoms with Crippen LogP contribution < -0.4 is 5.56 Å². The molecule has 7 nitrogen and oxygen atoms in total. The van der Waals surface area contributed by atoms with Gasteiger partial charge in [0.15, 0.2) is 0 Å². The summed E-state index contributed by atoms with van der Waals surface area (Å²) in [5.74, 6) is 0.524. The molecule has 0 aliphatic heterocycles. The van der Waals surface area contributed by atoms with Crippen LogP contribution in [0.15, 0.2) is 11.0 Å². The molecule has 0 radical (unpaired) electrons. The fraction of sp³-hybridized carbons (Fsp3) is 0.333. The summed E-state index contributed by atoms with van der Waals surface area (Å²) in [6, 6.07) is 0. The number of hydrogen-bond acceptors (Lipinski definition) is 4. The van der Waals surface area contributed by atoms with Gasteiger partial charge in [0.2, 0.25) is 10.5 Å². The minimum atomic E-state index is -0.124. The van der Waals surface area contributed by atoms with Gasteiger partial charge in [-0.3, -0.25) is 14.5 Å². The van der Waals surface area contributed by atoms with E-state index in [9.17, 15) is 4.79 Å². The predicted molar refractivity (Wildman–Crippen MR) is 64.6 cm³/mol. The molecule has 0 aromatic carbocycles. The number of fused-ring (bicyclic) bond motifs is 3. The van der Waals surface area contributed by atoms with Gasteiger partial charge >= 0.3 is 0 Å². The number of rotatable bonds is 2. The van der Waals surface area contributed by atoms with E-state index in [1.165, 1.54) is 0 Å². The van der Waals surface area contributed by atoms with Gasteiger partial charge in [0.25, 0.3) is 5.56 Å². The van der Waals surface area contributed by atoms with Crippen LogP contribution in [0.4, 0.5) is 0 Å². The van der Waals surface area contributed by atoms with E-state index in [0.29, 0.717) is 28.1 Å². The normalized spacial score (nSPS) is 11.6. The first-order valence-corrected chi connectivity index (χ1v) is 5.68. The Hall–Kier alpha value is -1.96. The summed E-state index contributed by atoms with van der Waals surface area (Å²) < 4.78 is 3.76. The Bertz CT molecular complexity index is 806. The molecule has 0 fully saturated rings. The third-order valence-electron chi connectivity index (χ3n) is 2.66. The number of hydrogen-bond donors (Lipinski definition) is 2. The zero-order chi connectivity index (χ0) is 12.0. The average molecular weight is 250 g/mol. The molecule has 0 unspecified atom stereocenters. The molecule has 0 amide bonds. The number of H-pyrrole nitrogens is 2. The van der Waals surface area contributed by atoms with Gasteiger partial charge in [-0.2, -0.15) is 5.10 Å². The van der Waals surface area contributed by atoms with Crippen molar-refractivity contribution in [1.82, 2.24) is 29.4 Å². The topological polar surface area (TPSA) is 83.8 Å². The molecule has 3 heterocycles. The summed E-state index contributed by atoms with van der Waals surface area (Å²) >= 11 is 5.16. The monoisotopic (exact) mass is 250 g/mol. The maximum Gasteiger partial charge on any atom is 0.280 e. The lowest BCUT2D eigenvalue weighted by molar-refractivity contribution is 0.662. The molecule has 0 atom stereocenters. The van der Waals surface area contributed by atoms with Gasteiger partial charge in [-0.25, -0.2) is 9.50 Å². The maximum atomic E-state index is 12.2. The van der Waals surface area contributed by atoms with E-state index < -0.39 is 0 Å². The molecule has 0 spiro atoms. The standard InChI is InChI=1S/C9H10N6OS/c1-2-3-14-7(16)6-5(4-10-11-6)15-8(14)12-13-9(15)17/h4H,2-3H2,1H3,(H,10,11)(H,13,17). The summed E-state index contributed by atoms with van der Waals surface area (Å²) in [7, 11) is 0. The number of aromatic amines is 2. The summed E-state index contributed by atoms with van der Waals surface area (Å²) in [6.07, 6.45) is 2.42. The summed E-state index contributed by atoms with van der Waals surface area (Å²) in [6.45, 7) is 2.60. The lowest BCUT2D eigenvalue weighted by Crippen LogP contribution is -2.23. The highest BCUT2D eigenvalue weighted by Crippen LogP contribution is 2.10. The highest BCUT2D eigenvalue weighted by Gasteiger charge is 2.13. The summed E-state index contributed by atoms with van der Waals surface area (Å²) in [4.78, 5) is 12.2. The first-order valence-electron chi connectivity index (χ1n) is 5.27. The minimum absolute atomic E-state index is 0.124. The fourth-order valence-corrected chi connectivity index (χ4v) is 2.17. The van der Waals surface area contributed by atoms with Crippen molar-refractivity contribution in [1.29, 1.82) is 0 Å². The van der Waals surface area contributed by atoms with Crippen molar-refractivity contribution in [2.75, 3.05) is 0 Å². The van der Waals surface area contributed by atoms with Crippen LogP contribution in [0.5, 0.6) is 0 Å². The molecule has 88 valence electrons. The molecular weight excluding hydrogens is 240 g/mol. The quantitative estimate of drug-likeness (QED) is 0.660. The second-order valence-electron chi connectivity index (χ2n) is 3.75. The molecule has 0 bridgehead atoms.